The Kier molecular flexibility index (Phi) is 15.2. The van der Waals surface area contributed by atoms with Gasteiger partial charge in [0, 0.05) is 57.5 Å². The molecule has 0 radical (unpaired) electrons. The monoisotopic (exact) mass is 1300 g/mol. The number of halogens is 2. The minimum Gasteiger partial charge on any atom is -0.423 e. The molecule has 10 heteroatoms. The first-order chi connectivity index (χ1) is 44.8. The van der Waals surface area contributed by atoms with Crippen molar-refractivity contribution in [2.24, 2.45) is 0 Å². The molecule has 13 aromatic rings. The van der Waals surface area contributed by atoms with Gasteiger partial charge in [0.25, 0.3) is 0 Å². The molecule has 5 heterocycles. The highest BCUT2D eigenvalue weighted by molar-refractivity contribution is 9.10. The third kappa shape index (κ3) is 9.96. The maximum absolute atomic E-state index is 8.55. The second kappa shape index (κ2) is 24.2. The maximum Gasteiger partial charge on any atom is 0.488 e. The molecular formula is C81H56BBr2N5O2. The molecule has 10 aromatic carbocycles. The minimum absolute atomic E-state index is 0.463. The van der Waals surface area contributed by atoms with Crippen molar-refractivity contribution < 1.29 is 10.0 Å². The van der Waals surface area contributed by atoms with Crippen LogP contribution in [-0.2, 0) is 10.8 Å². The first-order valence-corrected chi connectivity index (χ1v) is 31.8. The normalized spacial score (nSPS) is 13.5. The minimum atomic E-state index is -1.38. The van der Waals surface area contributed by atoms with Crippen LogP contribution in [0.15, 0.2) is 313 Å². The van der Waals surface area contributed by atoms with Gasteiger partial charge in [-0.2, -0.15) is 0 Å². The van der Waals surface area contributed by atoms with Crippen LogP contribution < -0.4 is 15.3 Å². The molecule has 3 aromatic heterocycles. The van der Waals surface area contributed by atoms with E-state index in [2.05, 4.69) is 336 Å². The topological polar surface area (TPSA) is 85.6 Å². The van der Waals surface area contributed by atoms with Gasteiger partial charge in [0.15, 0.2) is 0 Å². The lowest BCUT2D eigenvalue weighted by molar-refractivity contribution is 0.425. The Morgan fingerprint density at radius 3 is 0.912 bits per heavy atom. The summed E-state index contributed by atoms with van der Waals surface area (Å²) in [5.74, 6) is 0. The van der Waals surface area contributed by atoms with Crippen molar-refractivity contribution in [1.29, 1.82) is 0 Å². The summed E-state index contributed by atoms with van der Waals surface area (Å²) in [4.78, 5) is 17.1. The lowest BCUT2D eigenvalue weighted by Gasteiger charge is -2.47. The summed E-state index contributed by atoms with van der Waals surface area (Å²) >= 11 is 7.61. The van der Waals surface area contributed by atoms with Gasteiger partial charge in [0.2, 0.25) is 0 Å². The number of rotatable bonds is 5. The van der Waals surface area contributed by atoms with E-state index < -0.39 is 17.9 Å². The van der Waals surface area contributed by atoms with Crippen LogP contribution in [0, 0.1) is 0 Å². The second-order valence-corrected chi connectivity index (χ2v) is 24.6. The molecule has 0 saturated carbocycles. The van der Waals surface area contributed by atoms with Crippen molar-refractivity contribution in [2.75, 3.05) is 9.80 Å². The highest BCUT2D eigenvalue weighted by atomic mass is 79.9. The molecule has 0 saturated heterocycles. The van der Waals surface area contributed by atoms with E-state index in [1.54, 1.807) is 12.1 Å². The van der Waals surface area contributed by atoms with Crippen LogP contribution in [0.3, 0.4) is 0 Å². The van der Waals surface area contributed by atoms with Crippen molar-refractivity contribution in [3.63, 3.8) is 0 Å². The summed E-state index contributed by atoms with van der Waals surface area (Å²) in [5.41, 5.74) is 26.0. The third-order valence-electron chi connectivity index (χ3n) is 17.9. The molecule has 0 atom stereocenters. The predicted octanol–water partition coefficient (Wildman–Crippen LogP) is 19.1. The van der Waals surface area contributed by atoms with Gasteiger partial charge in [-0.05, 0) is 216 Å². The molecule has 0 bridgehead atoms. The van der Waals surface area contributed by atoms with E-state index in [4.69, 9.17) is 10.0 Å². The first-order valence-electron chi connectivity index (χ1n) is 30.2. The molecular weight excluding hydrogens is 1250 g/mol. The number of fused-ring (bicyclic) bond motifs is 16. The summed E-state index contributed by atoms with van der Waals surface area (Å²) in [6, 6.07) is 95.8. The number of para-hydroxylation sites is 6. The lowest BCUT2D eigenvalue weighted by atomic mass is 9.60. The SMILES string of the molecule is Brc1ccc2c(c1)C1(c3cc(Br)ccc3C=C2)c2ccccc2N(c2ccccc2)c2ccccc21.C1=Cc2ccc(-c3ccncc3)cc2C2(c3cc(-c4ccncc4)ccc31)c1ccccc1N(c1ccccc1)c1ccccc12.OB(O)c1ccncc1. The molecule has 2 aliphatic heterocycles. The molecule has 7 nitrogen and oxygen atoms in total. The Balaban J connectivity index is 0.000000136. The van der Waals surface area contributed by atoms with Gasteiger partial charge in [0.05, 0.1) is 33.6 Å². The largest absolute Gasteiger partial charge is 0.488 e. The number of aromatic nitrogens is 3. The molecule has 434 valence electrons. The van der Waals surface area contributed by atoms with Crippen molar-refractivity contribution in [3.05, 3.63) is 380 Å². The van der Waals surface area contributed by atoms with Crippen LogP contribution in [0.4, 0.5) is 34.1 Å². The highest BCUT2D eigenvalue weighted by Gasteiger charge is 2.51. The second-order valence-electron chi connectivity index (χ2n) is 22.8. The Labute approximate surface area is 546 Å². The number of nitrogens with zero attached hydrogens (tertiary/aromatic N) is 5. The fourth-order valence-corrected chi connectivity index (χ4v) is 14.8. The van der Waals surface area contributed by atoms with E-state index in [0.29, 0.717) is 5.46 Å². The molecule has 0 fully saturated rings. The Morgan fingerprint density at radius 2 is 0.582 bits per heavy atom. The van der Waals surface area contributed by atoms with E-state index >= 15 is 0 Å². The predicted molar refractivity (Wildman–Crippen MR) is 380 cm³/mol. The molecule has 17 rings (SSSR count). The number of pyridine rings is 3. The van der Waals surface area contributed by atoms with Crippen LogP contribution in [0.1, 0.15) is 66.8 Å². The Morgan fingerprint density at radius 1 is 0.286 bits per heavy atom. The average Bonchev–Trinajstić information content (AvgIpc) is 1.70. The van der Waals surface area contributed by atoms with Gasteiger partial charge in [-0.1, -0.05) is 202 Å². The van der Waals surface area contributed by atoms with Crippen molar-refractivity contribution >= 4 is 103 Å². The summed E-state index contributed by atoms with van der Waals surface area (Å²) in [5, 5.41) is 17.1. The molecule has 4 aliphatic rings. The van der Waals surface area contributed by atoms with Gasteiger partial charge < -0.3 is 19.8 Å². The van der Waals surface area contributed by atoms with Gasteiger partial charge in [-0.15, -0.1) is 0 Å². The van der Waals surface area contributed by atoms with Crippen molar-refractivity contribution in [3.8, 4) is 22.3 Å². The van der Waals surface area contributed by atoms with E-state index in [0.717, 1.165) is 31.4 Å². The van der Waals surface area contributed by atoms with E-state index in [1.165, 1.54) is 113 Å². The molecule has 0 amide bonds. The summed E-state index contributed by atoms with van der Waals surface area (Å²) in [6.07, 6.45) is 19.6. The fourth-order valence-electron chi connectivity index (χ4n) is 14.0. The smallest absolute Gasteiger partial charge is 0.423 e. The van der Waals surface area contributed by atoms with Gasteiger partial charge in [-0.25, -0.2) is 0 Å². The Bertz CT molecular complexity index is 4670. The first kappa shape index (κ1) is 57.1. The van der Waals surface area contributed by atoms with Gasteiger partial charge >= 0.3 is 7.12 Å². The zero-order chi connectivity index (χ0) is 61.5. The van der Waals surface area contributed by atoms with Crippen LogP contribution in [-0.4, -0.2) is 32.1 Å². The third-order valence-corrected chi connectivity index (χ3v) is 18.9. The summed E-state index contributed by atoms with van der Waals surface area (Å²) in [7, 11) is -1.38. The fraction of sp³-hybridized carbons (Fsp3) is 0.0247. The molecule has 0 unspecified atom stereocenters. The standard InChI is InChI=1S/C43H29N3.C33H21Br2N.C5H6BNO2/c1-2-8-36(9-3-1)46-41-12-6-4-10-37(41)43(38-11-5-7-13-42(38)46)39-28-34(30-20-24-44-25-21-30)18-16-32(39)14-15-33-17-19-35(29-40(33)43)31-22-26-45-27-23-31;34-24-18-16-22-14-15-23-17-19-25(35)21-30(23)33(29(22)20-24)27-10-4-6-12-31(27)36(26-8-2-1-3-9-26)32-13-7-5-11-28(32)33;8-6(9)5-1-3-7-4-2-5/h1-29H;1-21H;1-4,8-9H. The highest BCUT2D eigenvalue weighted by Crippen LogP contribution is 2.62. The van der Waals surface area contributed by atoms with E-state index in [-0.39, 0.29) is 0 Å². The Hall–Kier alpha value is -10.3. The number of benzene rings is 10. The number of hydrogen-bond donors (Lipinski definition) is 2. The van der Waals surface area contributed by atoms with Crippen LogP contribution in [0.5, 0.6) is 0 Å². The zero-order valence-electron chi connectivity index (χ0n) is 49.1. The summed E-state index contributed by atoms with van der Waals surface area (Å²) in [6.45, 7) is 0. The number of hydrogen-bond acceptors (Lipinski definition) is 7. The van der Waals surface area contributed by atoms with E-state index in [1.807, 2.05) is 24.8 Å². The van der Waals surface area contributed by atoms with Crippen molar-refractivity contribution in [1.82, 2.24) is 15.0 Å². The molecule has 2 spiro atoms. The van der Waals surface area contributed by atoms with Crippen LogP contribution in [0.2, 0.25) is 0 Å². The average molecular weight is 1300 g/mol. The summed E-state index contributed by atoms with van der Waals surface area (Å²) < 4.78 is 2.15. The zero-order valence-corrected chi connectivity index (χ0v) is 52.3. The molecule has 91 heavy (non-hydrogen) atoms. The van der Waals surface area contributed by atoms with Gasteiger partial charge in [-0.3, -0.25) is 15.0 Å². The van der Waals surface area contributed by atoms with Crippen LogP contribution >= 0.6 is 31.9 Å². The van der Waals surface area contributed by atoms with E-state index in [9.17, 15) is 0 Å². The molecule has 2 aliphatic carbocycles. The quantitative estimate of drug-likeness (QED) is 0.166. The number of anilines is 6. The van der Waals surface area contributed by atoms with Crippen LogP contribution in [0.25, 0.3) is 46.6 Å². The lowest BCUT2D eigenvalue weighted by Crippen LogP contribution is -2.38. The van der Waals surface area contributed by atoms with Gasteiger partial charge in [0.1, 0.15) is 0 Å². The maximum atomic E-state index is 8.55. The van der Waals surface area contributed by atoms with Crippen molar-refractivity contribution in [2.45, 2.75) is 10.8 Å². The molecule has 2 N–H and O–H groups in total.